The van der Waals surface area contributed by atoms with Gasteiger partial charge in [-0.15, -0.1) is 0 Å². The van der Waals surface area contributed by atoms with Crippen LogP contribution in [0.15, 0.2) is 45.9 Å². The molecule has 0 saturated carbocycles. The Morgan fingerprint density at radius 3 is 2.67 bits per heavy atom. The van der Waals surface area contributed by atoms with Gasteiger partial charge in [-0.25, -0.2) is 8.42 Å². The summed E-state index contributed by atoms with van der Waals surface area (Å²) in [5.74, 6) is 0.852. The van der Waals surface area contributed by atoms with Gasteiger partial charge in [0.1, 0.15) is 11.4 Å². The van der Waals surface area contributed by atoms with Gasteiger partial charge in [-0.2, -0.15) is 4.31 Å². The zero-order chi connectivity index (χ0) is 19.4. The van der Waals surface area contributed by atoms with Crippen molar-refractivity contribution in [1.82, 2.24) is 4.31 Å². The number of nitro groups is 1. The van der Waals surface area contributed by atoms with Gasteiger partial charge >= 0.3 is 0 Å². The molecule has 1 saturated heterocycles. The zero-order valence-electron chi connectivity index (χ0n) is 15.1. The van der Waals surface area contributed by atoms with E-state index in [0.29, 0.717) is 25.2 Å². The number of nitrogens with zero attached hydrogens (tertiary/aromatic N) is 2. The van der Waals surface area contributed by atoms with E-state index in [-0.39, 0.29) is 16.6 Å². The maximum Gasteiger partial charge on any atom is 0.293 e. The summed E-state index contributed by atoms with van der Waals surface area (Å²) in [6.07, 6.45) is 4.66. The van der Waals surface area contributed by atoms with E-state index in [1.165, 1.54) is 16.4 Å². The molecule has 1 unspecified atom stereocenters. The molecule has 1 atom stereocenters. The number of rotatable bonds is 8. The number of hydrogen-bond donors (Lipinski definition) is 1. The lowest BCUT2D eigenvalue weighted by atomic mass is 10.1. The van der Waals surface area contributed by atoms with Crippen molar-refractivity contribution in [2.24, 2.45) is 0 Å². The summed E-state index contributed by atoms with van der Waals surface area (Å²) in [6.45, 7) is 2.83. The molecule has 2 aromatic rings. The van der Waals surface area contributed by atoms with E-state index in [0.717, 1.165) is 31.1 Å². The summed E-state index contributed by atoms with van der Waals surface area (Å²) >= 11 is 0. The van der Waals surface area contributed by atoms with Gasteiger partial charge < -0.3 is 9.73 Å². The Labute approximate surface area is 158 Å². The fourth-order valence-electron chi connectivity index (χ4n) is 3.17. The van der Waals surface area contributed by atoms with Gasteiger partial charge in [0.05, 0.1) is 16.1 Å². The van der Waals surface area contributed by atoms with Gasteiger partial charge in [-0.3, -0.25) is 10.1 Å². The number of nitro benzene ring substituents is 1. The molecule has 27 heavy (non-hydrogen) atoms. The van der Waals surface area contributed by atoms with Gasteiger partial charge in [0, 0.05) is 31.6 Å². The van der Waals surface area contributed by atoms with Crippen molar-refractivity contribution in [2.45, 2.75) is 43.5 Å². The quantitative estimate of drug-likeness (QED) is 0.544. The number of hydrogen-bond acceptors (Lipinski definition) is 6. The van der Waals surface area contributed by atoms with Gasteiger partial charge in [-0.05, 0) is 50.5 Å². The number of sulfonamides is 1. The minimum Gasteiger partial charge on any atom is -0.469 e. The smallest absolute Gasteiger partial charge is 0.293 e. The lowest BCUT2D eigenvalue weighted by molar-refractivity contribution is -0.384. The Kier molecular flexibility index (Phi) is 5.81. The zero-order valence-corrected chi connectivity index (χ0v) is 15.9. The molecule has 1 aromatic carbocycles. The van der Waals surface area contributed by atoms with E-state index < -0.39 is 14.9 Å². The van der Waals surface area contributed by atoms with Gasteiger partial charge in [-0.1, -0.05) is 0 Å². The second-order valence-electron chi connectivity index (χ2n) is 6.71. The summed E-state index contributed by atoms with van der Waals surface area (Å²) < 4.78 is 32.0. The van der Waals surface area contributed by atoms with Gasteiger partial charge in [0.25, 0.3) is 5.69 Å². The van der Waals surface area contributed by atoms with Crippen LogP contribution in [0.4, 0.5) is 11.4 Å². The third-order valence-corrected chi connectivity index (χ3v) is 6.57. The Hall–Kier alpha value is -2.39. The minimum absolute atomic E-state index is 0.0371. The van der Waals surface area contributed by atoms with Crippen molar-refractivity contribution in [3.05, 3.63) is 52.5 Å². The average molecular weight is 393 g/mol. The summed E-state index contributed by atoms with van der Waals surface area (Å²) in [7, 11) is -3.69. The first-order valence-corrected chi connectivity index (χ1v) is 10.4. The normalized spacial score (nSPS) is 16.3. The standard InChI is InChI=1S/C18H23N3O5S/c1-14(6-7-15-5-4-12-26-15)19-17-9-8-16(13-18(17)21(22)23)27(24,25)20-10-2-3-11-20/h4-5,8-9,12-14,19H,2-3,6-7,10-11H2,1H3. The molecule has 1 fully saturated rings. The van der Waals surface area contributed by atoms with Crippen LogP contribution >= 0.6 is 0 Å². The number of nitrogens with one attached hydrogen (secondary N) is 1. The van der Waals surface area contributed by atoms with Crippen molar-refractivity contribution >= 4 is 21.4 Å². The van der Waals surface area contributed by atoms with Crippen LogP contribution in [0.1, 0.15) is 31.9 Å². The number of furan rings is 1. The molecular formula is C18H23N3O5S. The topological polar surface area (TPSA) is 106 Å². The highest BCUT2D eigenvalue weighted by atomic mass is 32.2. The molecule has 0 radical (unpaired) electrons. The molecule has 1 aromatic heterocycles. The molecule has 9 heteroatoms. The van der Waals surface area contributed by atoms with Gasteiger partial charge in [0.15, 0.2) is 0 Å². The summed E-state index contributed by atoms with van der Waals surface area (Å²) in [6, 6.07) is 7.71. The summed E-state index contributed by atoms with van der Waals surface area (Å²) in [4.78, 5) is 10.9. The first-order valence-electron chi connectivity index (χ1n) is 8.95. The molecule has 0 amide bonds. The lowest BCUT2D eigenvalue weighted by Gasteiger charge is -2.17. The summed E-state index contributed by atoms with van der Waals surface area (Å²) in [5, 5.41) is 14.6. The predicted octanol–water partition coefficient (Wildman–Crippen LogP) is 3.41. The van der Waals surface area contributed by atoms with Crippen molar-refractivity contribution < 1.29 is 17.8 Å². The Morgan fingerprint density at radius 1 is 1.30 bits per heavy atom. The molecule has 2 heterocycles. The predicted molar refractivity (Wildman–Crippen MR) is 101 cm³/mol. The summed E-state index contributed by atoms with van der Waals surface area (Å²) in [5.41, 5.74) is 0.0763. The van der Waals surface area contributed by atoms with Gasteiger partial charge in [0.2, 0.25) is 10.0 Å². The molecule has 3 rings (SSSR count). The van der Waals surface area contributed by atoms with Crippen LogP contribution in [0, 0.1) is 10.1 Å². The van der Waals surface area contributed by atoms with E-state index in [2.05, 4.69) is 5.32 Å². The minimum atomic E-state index is -3.69. The monoisotopic (exact) mass is 393 g/mol. The average Bonchev–Trinajstić information content (AvgIpc) is 3.34. The van der Waals surface area contributed by atoms with E-state index in [1.807, 2.05) is 19.1 Å². The largest absolute Gasteiger partial charge is 0.469 e. The molecule has 146 valence electrons. The molecule has 1 aliphatic heterocycles. The highest BCUT2D eigenvalue weighted by molar-refractivity contribution is 7.89. The van der Waals surface area contributed by atoms with Crippen LogP contribution in [-0.4, -0.2) is 36.8 Å². The molecular weight excluding hydrogens is 370 g/mol. The molecule has 0 spiro atoms. The van der Waals surface area contributed by atoms with Crippen LogP contribution in [0.25, 0.3) is 0 Å². The second-order valence-corrected chi connectivity index (χ2v) is 8.65. The van der Waals surface area contributed by atoms with Crippen molar-refractivity contribution in [2.75, 3.05) is 18.4 Å². The van der Waals surface area contributed by atoms with Crippen LogP contribution in [0.2, 0.25) is 0 Å². The Balaban J connectivity index is 1.76. The van der Waals surface area contributed by atoms with E-state index in [4.69, 9.17) is 4.42 Å². The third kappa shape index (κ3) is 4.48. The van der Waals surface area contributed by atoms with Crippen LogP contribution in [0.3, 0.4) is 0 Å². The fourth-order valence-corrected chi connectivity index (χ4v) is 4.71. The SMILES string of the molecule is CC(CCc1ccco1)Nc1ccc(S(=O)(=O)N2CCCC2)cc1[N+](=O)[O-]. The third-order valence-electron chi connectivity index (χ3n) is 4.67. The molecule has 0 aliphatic carbocycles. The molecule has 0 bridgehead atoms. The highest BCUT2D eigenvalue weighted by Gasteiger charge is 2.29. The van der Waals surface area contributed by atoms with Crippen molar-refractivity contribution in [3.63, 3.8) is 0 Å². The highest BCUT2D eigenvalue weighted by Crippen LogP contribution is 2.30. The van der Waals surface area contributed by atoms with Crippen LogP contribution in [0.5, 0.6) is 0 Å². The number of benzene rings is 1. The Morgan fingerprint density at radius 2 is 2.04 bits per heavy atom. The number of anilines is 1. The van der Waals surface area contributed by atoms with E-state index in [1.54, 1.807) is 6.26 Å². The molecule has 8 nitrogen and oxygen atoms in total. The van der Waals surface area contributed by atoms with E-state index in [9.17, 15) is 18.5 Å². The molecule has 1 N–H and O–H groups in total. The first kappa shape index (κ1) is 19.4. The van der Waals surface area contributed by atoms with Crippen LogP contribution < -0.4 is 5.32 Å². The van der Waals surface area contributed by atoms with Crippen molar-refractivity contribution in [1.29, 1.82) is 0 Å². The lowest BCUT2D eigenvalue weighted by Crippen LogP contribution is -2.28. The maximum atomic E-state index is 12.6. The first-order chi connectivity index (χ1) is 12.9. The van der Waals surface area contributed by atoms with E-state index >= 15 is 0 Å². The molecule has 1 aliphatic rings. The maximum absolute atomic E-state index is 12.6. The van der Waals surface area contributed by atoms with Crippen molar-refractivity contribution in [3.8, 4) is 0 Å². The fraction of sp³-hybridized carbons (Fsp3) is 0.444. The van der Waals surface area contributed by atoms with Crippen LogP contribution in [-0.2, 0) is 16.4 Å². The Bertz CT molecular complexity index is 890. The number of aryl methyl sites for hydroxylation is 1. The second kappa shape index (κ2) is 8.10.